The summed E-state index contributed by atoms with van der Waals surface area (Å²) in [6.45, 7) is 2.87. The summed E-state index contributed by atoms with van der Waals surface area (Å²) in [5.41, 5.74) is 3.37. The van der Waals surface area contributed by atoms with Crippen LogP contribution in [0, 0.1) is 0 Å². The van der Waals surface area contributed by atoms with E-state index in [1.165, 1.54) is 0 Å². The van der Waals surface area contributed by atoms with Crippen molar-refractivity contribution in [2.75, 3.05) is 32.8 Å². The van der Waals surface area contributed by atoms with Gasteiger partial charge in [-0.25, -0.2) is 0 Å². The van der Waals surface area contributed by atoms with Crippen LogP contribution in [0.4, 0.5) is 0 Å². The molecule has 3 aromatic rings. The molecular formula is C28H31ClN2O3. The first kappa shape index (κ1) is 24.4. The van der Waals surface area contributed by atoms with Crippen LogP contribution in [0.15, 0.2) is 79.1 Å². The second-order valence-electron chi connectivity index (χ2n) is 8.63. The molecule has 1 saturated heterocycles. The molecule has 178 valence electrons. The fourth-order valence-corrected chi connectivity index (χ4v) is 4.55. The van der Waals surface area contributed by atoms with E-state index in [1.807, 2.05) is 54.7 Å². The summed E-state index contributed by atoms with van der Waals surface area (Å²) in [5, 5.41) is 20.9. The van der Waals surface area contributed by atoms with Crippen LogP contribution in [-0.4, -0.2) is 52.9 Å². The number of pyridine rings is 1. The maximum absolute atomic E-state index is 11.1. The standard InChI is InChI=1S/C28H31ClN2O3/c29-25-10-8-24(9-11-25)28(33)12-16-31(17-13-28)15-3-7-27(23-5-2-14-30-21-23)22-4-1-6-26(20-22)34-19-18-32/h1-2,4-11,14,20-21,32-33H,3,12-13,15-19H2/b27-7-. The lowest BCUT2D eigenvalue weighted by atomic mass is 9.84. The summed E-state index contributed by atoms with van der Waals surface area (Å²) < 4.78 is 5.61. The molecule has 0 radical (unpaired) electrons. The van der Waals surface area contributed by atoms with E-state index in [0.717, 1.165) is 54.1 Å². The number of rotatable bonds is 9. The van der Waals surface area contributed by atoms with Crippen molar-refractivity contribution in [3.05, 3.63) is 101 Å². The minimum atomic E-state index is -0.785. The van der Waals surface area contributed by atoms with Gasteiger partial charge in [-0.1, -0.05) is 48.0 Å². The van der Waals surface area contributed by atoms with Gasteiger partial charge in [0, 0.05) is 42.6 Å². The van der Waals surface area contributed by atoms with Gasteiger partial charge in [-0.05, 0) is 66.3 Å². The predicted molar refractivity (Wildman–Crippen MR) is 136 cm³/mol. The number of hydrogen-bond donors (Lipinski definition) is 2. The fourth-order valence-electron chi connectivity index (χ4n) is 4.43. The minimum absolute atomic E-state index is 0.0154. The average Bonchev–Trinajstić information content (AvgIpc) is 2.87. The highest BCUT2D eigenvalue weighted by Crippen LogP contribution is 2.33. The molecule has 34 heavy (non-hydrogen) atoms. The maximum atomic E-state index is 11.1. The number of piperidine rings is 1. The van der Waals surface area contributed by atoms with Crippen LogP contribution < -0.4 is 4.74 Å². The Hall–Kier alpha value is -2.70. The summed E-state index contributed by atoms with van der Waals surface area (Å²) in [5.74, 6) is 0.735. The third kappa shape index (κ3) is 6.24. The van der Waals surface area contributed by atoms with Crippen molar-refractivity contribution in [3.63, 3.8) is 0 Å². The van der Waals surface area contributed by atoms with Crippen molar-refractivity contribution in [3.8, 4) is 5.75 Å². The van der Waals surface area contributed by atoms with Crippen LogP contribution in [0.3, 0.4) is 0 Å². The number of likely N-dealkylation sites (tertiary alicyclic amines) is 1. The van der Waals surface area contributed by atoms with Gasteiger partial charge >= 0.3 is 0 Å². The normalized spacial score (nSPS) is 16.4. The SMILES string of the molecule is OCCOc1cccc(/C(=C/CCN2CCC(O)(c3ccc(Cl)cc3)CC2)c2cccnc2)c1. The van der Waals surface area contributed by atoms with Crippen LogP contribution in [0.5, 0.6) is 5.75 Å². The van der Waals surface area contributed by atoms with Gasteiger partial charge < -0.3 is 19.8 Å². The van der Waals surface area contributed by atoms with E-state index in [9.17, 15) is 5.11 Å². The Morgan fingerprint density at radius 3 is 2.53 bits per heavy atom. The fraction of sp³-hybridized carbons (Fsp3) is 0.321. The lowest BCUT2D eigenvalue weighted by Crippen LogP contribution is -2.42. The van der Waals surface area contributed by atoms with E-state index in [1.54, 1.807) is 6.20 Å². The summed E-state index contributed by atoms with van der Waals surface area (Å²) in [6, 6.07) is 19.5. The molecule has 5 nitrogen and oxygen atoms in total. The number of nitrogens with zero attached hydrogens (tertiary/aromatic N) is 2. The highest BCUT2D eigenvalue weighted by Gasteiger charge is 2.33. The molecule has 2 N–H and O–H groups in total. The lowest BCUT2D eigenvalue weighted by Gasteiger charge is -2.38. The summed E-state index contributed by atoms with van der Waals surface area (Å²) in [7, 11) is 0. The molecule has 0 bridgehead atoms. The number of aliphatic hydroxyl groups is 2. The van der Waals surface area contributed by atoms with E-state index in [0.29, 0.717) is 17.9 Å². The molecule has 1 aromatic heterocycles. The zero-order valence-electron chi connectivity index (χ0n) is 19.2. The first-order valence-electron chi connectivity index (χ1n) is 11.7. The first-order valence-corrected chi connectivity index (χ1v) is 12.1. The van der Waals surface area contributed by atoms with Crippen molar-refractivity contribution in [2.24, 2.45) is 0 Å². The van der Waals surface area contributed by atoms with Gasteiger partial charge in [0.2, 0.25) is 0 Å². The molecule has 0 unspecified atom stereocenters. The van der Waals surface area contributed by atoms with E-state index in [4.69, 9.17) is 21.4 Å². The van der Waals surface area contributed by atoms with E-state index < -0.39 is 5.60 Å². The van der Waals surface area contributed by atoms with Gasteiger partial charge in [-0.15, -0.1) is 0 Å². The molecule has 0 atom stereocenters. The Morgan fingerprint density at radius 1 is 1.06 bits per heavy atom. The van der Waals surface area contributed by atoms with E-state index >= 15 is 0 Å². The molecule has 1 aliphatic rings. The minimum Gasteiger partial charge on any atom is -0.491 e. The molecule has 1 aliphatic heterocycles. The first-order chi connectivity index (χ1) is 16.6. The third-order valence-electron chi connectivity index (χ3n) is 6.34. The topological polar surface area (TPSA) is 65.8 Å². The quantitative estimate of drug-likeness (QED) is 0.457. The number of aliphatic hydroxyl groups excluding tert-OH is 1. The van der Waals surface area contributed by atoms with Gasteiger partial charge in [-0.3, -0.25) is 4.98 Å². The largest absolute Gasteiger partial charge is 0.491 e. The molecule has 0 amide bonds. The Balaban J connectivity index is 1.42. The van der Waals surface area contributed by atoms with Gasteiger partial charge in [-0.2, -0.15) is 0 Å². The average molecular weight is 479 g/mol. The van der Waals surface area contributed by atoms with Crippen LogP contribution in [0.1, 0.15) is 36.0 Å². The van der Waals surface area contributed by atoms with E-state index in [2.05, 4.69) is 28.1 Å². The molecule has 0 saturated carbocycles. The number of aromatic nitrogens is 1. The Bertz CT molecular complexity index is 1080. The Kier molecular flexibility index (Phi) is 8.35. The zero-order valence-corrected chi connectivity index (χ0v) is 20.0. The molecule has 0 spiro atoms. The molecule has 0 aliphatic carbocycles. The van der Waals surface area contributed by atoms with Crippen LogP contribution in [-0.2, 0) is 5.60 Å². The number of halogens is 1. The van der Waals surface area contributed by atoms with Gasteiger partial charge in [0.25, 0.3) is 0 Å². The van der Waals surface area contributed by atoms with Crippen molar-refractivity contribution < 1.29 is 14.9 Å². The van der Waals surface area contributed by atoms with Crippen LogP contribution >= 0.6 is 11.6 Å². The molecule has 1 fully saturated rings. The highest BCUT2D eigenvalue weighted by atomic mass is 35.5. The molecular weight excluding hydrogens is 448 g/mol. The van der Waals surface area contributed by atoms with Crippen LogP contribution in [0.25, 0.3) is 5.57 Å². The smallest absolute Gasteiger partial charge is 0.120 e. The highest BCUT2D eigenvalue weighted by molar-refractivity contribution is 6.30. The molecule has 6 heteroatoms. The second-order valence-corrected chi connectivity index (χ2v) is 9.06. The Labute approximate surface area is 206 Å². The number of hydrogen-bond acceptors (Lipinski definition) is 5. The van der Waals surface area contributed by atoms with Gasteiger partial charge in [0.05, 0.1) is 12.2 Å². The number of benzene rings is 2. The second kappa shape index (κ2) is 11.6. The van der Waals surface area contributed by atoms with Crippen LogP contribution in [0.2, 0.25) is 5.02 Å². The third-order valence-corrected chi connectivity index (χ3v) is 6.59. The lowest BCUT2D eigenvalue weighted by molar-refractivity contribution is -0.0254. The monoisotopic (exact) mass is 478 g/mol. The van der Waals surface area contributed by atoms with Crippen molar-refractivity contribution >= 4 is 17.2 Å². The van der Waals surface area contributed by atoms with Crippen molar-refractivity contribution in [2.45, 2.75) is 24.9 Å². The molecule has 2 heterocycles. The van der Waals surface area contributed by atoms with Gasteiger partial charge in [0.15, 0.2) is 0 Å². The molecule has 4 rings (SSSR count). The predicted octanol–water partition coefficient (Wildman–Crippen LogP) is 4.91. The number of ether oxygens (including phenoxy) is 1. The van der Waals surface area contributed by atoms with Crippen molar-refractivity contribution in [1.29, 1.82) is 0 Å². The summed E-state index contributed by atoms with van der Waals surface area (Å²) in [4.78, 5) is 6.70. The molecule has 2 aromatic carbocycles. The summed E-state index contributed by atoms with van der Waals surface area (Å²) >= 11 is 6.01. The van der Waals surface area contributed by atoms with Gasteiger partial charge in [0.1, 0.15) is 12.4 Å². The Morgan fingerprint density at radius 2 is 1.82 bits per heavy atom. The van der Waals surface area contributed by atoms with E-state index in [-0.39, 0.29) is 13.2 Å². The summed E-state index contributed by atoms with van der Waals surface area (Å²) in [6.07, 6.45) is 8.20. The zero-order chi connectivity index (χ0) is 23.8. The maximum Gasteiger partial charge on any atom is 0.120 e. The van der Waals surface area contributed by atoms with Crippen molar-refractivity contribution in [1.82, 2.24) is 9.88 Å².